The topological polar surface area (TPSA) is 79.5 Å². The standard InChI is InChI=1S/C20H23N3S.CH4O3S/c1-4-22(5-2)12-13-23-16-11-10-14(3)20-18(16)19(21-23)15-8-6-7-9-17(15)24-20;1-5(2,3)4/h6-11H,4-5,12-13H2,1-3H3;1H3,(H,2,3,4). The number of rotatable bonds is 5. The van der Waals surface area contributed by atoms with E-state index < -0.39 is 10.1 Å². The maximum Gasteiger partial charge on any atom is 0.102 e. The van der Waals surface area contributed by atoms with Crippen LogP contribution in [-0.2, 0) is 16.7 Å². The van der Waals surface area contributed by atoms with Crippen LogP contribution in [0.4, 0.5) is 0 Å². The Kier molecular flexibility index (Phi) is 6.68. The molecule has 4 rings (SSSR count). The van der Waals surface area contributed by atoms with Crippen molar-refractivity contribution in [3.05, 3.63) is 42.0 Å². The third-order valence-electron chi connectivity index (χ3n) is 5.10. The Morgan fingerprint density at radius 3 is 2.45 bits per heavy atom. The fraction of sp³-hybridized carbons (Fsp3) is 0.381. The number of aryl methyl sites for hydroxylation is 1. The predicted molar refractivity (Wildman–Crippen MR) is 117 cm³/mol. The summed E-state index contributed by atoms with van der Waals surface area (Å²) >= 11 is 1.89. The molecule has 0 bridgehead atoms. The molecule has 0 atom stereocenters. The zero-order chi connectivity index (χ0) is 21.2. The summed E-state index contributed by atoms with van der Waals surface area (Å²) in [4.78, 5) is 4.32. The molecule has 2 aromatic carbocycles. The number of hydrogen-bond donors (Lipinski definition) is 1. The van der Waals surface area contributed by atoms with E-state index in [4.69, 9.17) is 18.1 Å². The molecule has 0 aliphatic carbocycles. The molecule has 2 heterocycles. The highest BCUT2D eigenvalue weighted by Crippen LogP contribution is 2.48. The van der Waals surface area contributed by atoms with Crippen LogP contribution in [0.3, 0.4) is 0 Å². The van der Waals surface area contributed by atoms with Gasteiger partial charge in [0.1, 0.15) is 5.69 Å². The van der Waals surface area contributed by atoms with Crippen LogP contribution in [0.25, 0.3) is 22.2 Å². The van der Waals surface area contributed by atoms with Crippen molar-refractivity contribution >= 4 is 32.8 Å². The number of likely N-dealkylation sites (N-methyl/N-ethyl adjacent to an activating group) is 1. The van der Waals surface area contributed by atoms with Gasteiger partial charge in [-0.25, -0.2) is 8.42 Å². The van der Waals surface area contributed by atoms with Gasteiger partial charge < -0.3 is 9.45 Å². The SMILES string of the molecule is CC[NH+](CC)CCn1nc2c3c(c(C)ccc31)Sc1ccccc1-2.CS(=O)(=O)[O-]. The second-order valence-corrected chi connectivity index (χ2v) is 9.65. The molecule has 6 nitrogen and oxygen atoms in total. The lowest BCUT2D eigenvalue weighted by Crippen LogP contribution is -3.11. The largest absolute Gasteiger partial charge is 0.748 e. The summed E-state index contributed by atoms with van der Waals surface area (Å²) in [5.74, 6) is 0. The lowest BCUT2D eigenvalue weighted by molar-refractivity contribution is -0.897. The maximum absolute atomic E-state index is 9.08. The van der Waals surface area contributed by atoms with E-state index in [-0.39, 0.29) is 0 Å². The first-order chi connectivity index (χ1) is 13.7. The molecule has 29 heavy (non-hydrogen) atoms. The molecule has 1 aromatic heterocycles. The molecular formula is C21H27N3O3S2. The number of hydrogen-bond acceptors (Lipinski definition) is 5. The third kappa shape index (κ3) is 5.01. The lowest BCUT2D eigenvalue weighted by Gasteiger charge is -2.16. The minimum atomic E-state index is -3.92. The lowest BCUT2D eigenvalue weighted by atomic mass is 10.1. The van der Waals surface area contributed by atoms with Crippen molar-refractivity contribution in [3.63, 3.8) is 0 Å². The zero-order valence-corrected chi connectivity index (χ0v) is 18.9. The smallest absolute Gasteiger partial charge is 0.102 e. The van der Waals surface area contributed by atoms with Crippen LogP contribution in [0.5, 0.6) is 0 Å². The van der Waals surface area contributed by atoms with Gasteiger partial charge in [0.15, 0.2) is 0 Å². The van der Waals surface area contributed by atoms with E-state index in [0.29, 0.717) is 6.26 Å². The van der Waals surface area contributed by atoms with Crippen LogP contribution in [0.2, 0.25) is 0 Å². The molecule has 1 aliphatic rings. The van der Waals surface area contributed by atoms with Gasteiger partial charge in [-0.15, -0.1) is 0 Å². The maximum atomic E-state index is 9.08. The number of nitrogens with zero attached hydrogens (tertiary/aromatic N) is 2. The second kappa shape index (κ2) is 8.87. The van der Waals surface area contributed by atoms with Crippen molar-refractivity contribution in [2.75, 3.05) is 25.9 Å². The molecule has 156 valence electrons. The molecule has 0 spiro atoms. The average Bonchev–Trinajstić information content (AvgIpc) is 3.04. The van der Waals surface area contributed by atoms with E-state index >= 15 is 0 Å². The van der Waals surface area contributed by atoms with Gasteiger partial charge in [-0.1, -0.05) is 36.0 Å². The number of aromatic nitrogens is 2. The van der Waals surface area contributed by atoms with Gasteiger partial charge in [0.05, 0.1) is 41.8 Å². The van der Waals surface area contributed by atoms with Crippen molar-refractivity contribution in [1.82, 2.24) is 9.78 Å². The molecule has 0 amide bonds. The van der Waals surface area contributed by atoms with Crippen LogP contribution in [0.15, 0.2) is 46.2 Å². The average molecular weight is 434 g/mol. The fourth-order valence-electron chi connectivity index (χ4n) is 3.56. The van der Waals surface area contributed by atoms with Crippen LogP contribution in [-0.4, -0.2) is 48.6 Å². The summed E-state index contributed by atoms with van der Waals surface area (Å²) in [5.41, 5.74) is 5.06. The van der Waals surface area contributed by atoms with Crippen molar-refractivity contribution in [1.29, 1.82) is 0 Å². The minimum Gasteiger partial charge on any atom is -0.748 e. The monoisotopic (exact) mass is 433 g/mol. The molecule has 1 aliphatic heterocycles. The van der Waals surface area contributed by atoms with Crippen LogP contribution < -0.4 is 4.90 Å². The van der Waals surface area contributed by atoms with Gasteiger partial charge in [-0.2, -0.15) is 5.10 Å². The Bertz CT molecular complexity index is 1110. The first-order valence-electron chi connectivity index (χ1n) is 9.74. The van der Waals surface area contributed by atoms with Crippen LogP contribution in [0.1, 0.15) is 19.4 Å². The minimum absolute atomic E-state index is 0.604. The summed E-state index contributed by atoms with van der Waals surface area (Å²) in [6, 6.07) is 13.1. The molecule has 0 unspecified atom stereocenters. The summed E-state index contributed by atoms with van der Waals surface area (Å²) < 4.78 is 29.5. The zero-order valence-electron chi connectivity index (χ0n) is 17.2. The Balaban J connectivity index is 0.000000431. The van der Waals surface area contributed by atoms with Gasteiger partial charge >= 0.3 is 0 Å². The van der Waals surface area contributed by atoms with Crippen molar-refractivity contribution < 1.29 is 17.9 Å². The fourth-order valence-corrected chi connectivity index (χ4v) is 4.74. The number of nitrogens with one attached hydrogen (secondary N) is 1. The van der Waals surface area contributed by atoms with Gasteiger partial charge in [0.2, 0.25) is 0 Å². The molecule has 0 fully saturated rings. The first-order valence-corrected chi connectivity index (χ1v) is 12.4. The summed E-state index contributed by atoms with van der Waals surface area (Å²) in [6.07, 6.45) is 0.604. The normalized spacial score (nSPS) is 12.6. The molecule has 1 N–H and O–H groups in total. The number of fused-ring (bicyclic) bond motifs is 2. The summed E-state index contributed by atoms with van der Waals surface area (Å²) in [5, 5.41) is 6.37. The molecule has 3 aromatic rings. The van der Waals surface area contributed by atoms with E-state index in [9.17, 15) is 0 Å². The van der Waals surface area contributed by atoms with E-state index in [1.165, 1.54) is 44.9 Å². The van der Waals surface area contributed by atoms with Gasteiger partial charge in [0, 0.05) is 27.0 Å². The van der Waals surface area contributed by atoms with E-state index in [1.807, 2.05) is 11.8 Å². The predicted octanol–water partition coefficient (Wildman–Crippen LogP) is 2.56. The van der Waals surface area contributed by atoms with Gasteiger partial charge in [0.25, 0.3) is 0 Å². The molecule has 0 saturated carbocycles. The Labute approximate surface area is 176 Å². The highest BCUT2D eigenvalue weighted by atomic mass is 32.2. The van der Waals surface area contributed by atoms with Crippen LogP contribution >= 0.6 is 11.8 Å². The highest BCUT2D eigenvalue weighted by Gasteiger charge is 2.24. The van der Waals surface area contributed by atoms with E-state index in [1.54, 1.807) is 4.90 Å². The summed E-state index contributed by atoms with van der Waals surface area (Å²) in [6.45, 7) is 11.2. The molecule has 8 heteroatoms. The van der Waals surface area contributed by atoms with Gasteiger partial charge in [-0.05, 0) is 38.5 Å². The number of benzene rings is 2. The summed E-state index contributed by atoms with van der Waals surface area (Å²) in [7, 11) is -3.92. The van der Waals surface area contributed by atoms with E-state index in [2.05, 4.69) is 61.9 Å². The quantitative estimate of drug-likeness (QED) is 0.490. The Hall–Kier alpha value is -1.87. The molecule has 0 radical (unpaired) electrons. The second-order valence-electron chi connectivity index (χ2n) is 7.19. The van der Waals surface area contributed by atoms with Crippen LogP contribution in [0, 0.1) is 6.92 Å². The molecular weight excluding hydrogens is 406 g/mol. The van der Waals surface area contributed by atoms with Crippen molar-refractivity contribution in [2.45, 2.75) is 37.1 Å². The Morgan fingerprint density at radius 1 is 1.14 bits per heavy atom. The third-order valence-corrected chi connectivity index (χ3v) is 6.41. The van der Waals surface area contributed by atoms with Gasteiger partial charge in [-0.3, -0.25) is 4.68 Å². The number of quaternary nitrogens is 1. The van der Waals surface area contributed by atoms with E-state index in [0.717, 1.165) is 18.8 Å². The van der Waals surface area contributed by atoms with Crippen molar-refractivity contribution in [2.24, 2.45) is 0 Å². The highest BCUT2D eigenvalue weighted by molar-refractivity contribution is 7.99. The molecule has 0 saturated heterocycles. The first kappa shape index (κ1) is 21.8. The Morgan fingerprint density at radius 2 is 1.79 bits per heavy atom. The van der Waals surface area contributed by atoms with Crippen molar-refractivity contribution in [3.8, 4) is 11.3 Å².